The molecule has 0 saturated heterocycles. The van der Waals surface area contributed by atoms with Gasteiger partial charge in [0.15, 0.2) is 0 Å². The van der Waals surface area contributed by atoms with Gasteiger partial charge in [-0.2, -0.15) is 4.98 Å². The van der Waals surface area contributed by atoms with Crippen LogP contribution in [-0.4, -0.2) is 21.1 Å². The quantitative estimate of drug-likeness (QED) is 0.869. The van der Waals surface area contributed by atoms with Crippen LogP contribution in [0.15, 0.2) is 24.4 Å². The van der Waals surface area contributed by atoms with Gasteiger partial charge in [-0.15, -0.1) is 0 Å². The third-order valence-electron chi connectivity index (χ3n) is 2.16. The number of hydrogen-bond donors (Lipinski definition) is 1. The Morgan fingerprint density at radius 2 is 2.05 bits per heavy atom. The zero-order valence-electron chi connectivity index (χ0n) is 11.0. The number of aryl methyl sites for hydroxylation is 1. The van der Waals surface area contributed by atoms with E-state index in [4.69, 9.17) is 16.3 Å². The van der Waals surface area contributed by atoms with Crippen LogP contribution in [0.5, 0.6) is 5.88 Å². The van der Waals surface area contributed by atoms with Crippen molar-refractivity contribution in [3.8, 4) is 5.88 Å². The van der Waals surface area contributed by atoms with Crippen molar-refractivity contribution < 1.29 is 4.74 Å². The summed E-state index contributed by atoms with van der Waals surface area (Å²) in [5.74, 6) is 0.990. The number of anilines is 2. The van der Waals surface area contributed by atoms with Crippen LogP contribution >= 0.6 is 11.6 Å². The van der Waals surface area contributed by atoms with Crippen LogP contribution in [0.3, 0.4) is 0 Å². The van der Waals surface area contributed by atoms with Gasteiger partial charge in [-0.3, -0.25) is 0 Å². The summed E-state index contributed by atoms with van der Waals surface area (Å²) in [6.45, 7) is 5.76. The summed E-state index contributed by atoms with van der Waals surface area (Å²) >= 11 is 5.90. The van der Waals surface area contributed by atoms with E-state index in [1.165, 1.54) is 0 Å². The van der Waals surface area contributed by atoms with Crippen molar-refractivity contribution in [1.29, 1.82) is 0 Å². The Hall–Kier alpha value is -1.88. The maximum atomic E-state index is 5.90. The molecule has 0 aliphatic rings. The van der Waals surface area contributed by atoms with Gasteiger partial charge in [-0.05, 0) is 32.9 Å². The molecule has 2 aromatic rings. The number of nitrogens with zero attached hydrogens (tertiary/aromatic N) is 3. The van der Waals surface area contributed by atoms with Crippen LogP contribution < -0.4 is 10.1 Å². The third kappa shape index (κ3) is 4.06. The Balaban J connectivity index is 2.18. The highest BCUT2D eigenvalue weighted by atomic mass is 35.5. The Kier molecular flexibility index (Phi) is 4.16. The maximum Gasteiger partial charge on any atom is 0.230 e. The molecule has 0 fully saturated rings. The normalized spacial score (nSPS) is 10.6. The summed E-state index contributed by atoms with van der Waals surface area (Å²) in [6.07, 6.45) is 1.71. The minimum Gasteiger partial charge on any atom is -0.475 e. The van der Waals surface area contributed by atoms with Gasteiger partial charge in [0, 0.05) is 23.6 Å². The molecule has 0 saturated carbocycles. The molecule has 0 spiro atoms. The smallest absolute Gasteiger partial charge is 0.230 e. The molecular formula is C13H15ClN4O. The zero-order valence-corrected chi connectivity index (χ0v) is 11.8. The van der Waals surface area contributed by atoms with E-state index >= 15 is 0 Å². The van der Waals surface area contributed by atoms with Gasteiger partial charge in [0.25, 0.3) is 0 Å². The van der Waals surface area contributed by atoms with E-state index in [2.05, 4.69) is 20.3 Å². The fraction of sp³-hybridized carbons (Fsp3) is 0.308. The summed E-state index contributed by atoms with van der Waals surface area (Å²) in [6, 6.07) is 5.30. The first-order chi connectivity index (χ1) is 9.02. The zero-order chi connectivity index (χ0) is 13.8. The Morgan fingerprint density at radius 1 is 1.26 bits per heavy atom. The highest BCUT2D eigenvalue weighted by molar-refractivity contribution is 6.29. The lowest BCUT2D eigenvalue weighted by Crippen LogP contribution is -2.08. The first-order valence-electron chi connectivity index (χ1n) is 5.94. The highest BCUT2D eigenvalue weighted by Crippen LogP contribution is 2.19. The topological polar surface area (TPSA) is 59.9 Å². The molecule has 100 valence electrons. The number of ether oxygens (including phenoxy) is 1. The molecule has 0 aromatic carbocycles. The van der Waals surface area contributed by atoms with Gasteiger partial charge in [-0.25, -0.2) is 9.97 Å². The van der Waals surface area contributed by atoms with E-state index in [1.807, 2.05) is 26.8 Å². The summed E-state index contributed by atoms with van der Waals surface area (Å²) < 4.78 is 5.51. The van der Waals surface area contributed by atoms with Crippen LogP contribution in [0, 0.1) is 6.92 Å². The molecule has 5 nitrogen and oxygen atoms in total. The van der Waals surface area contributed by atoms with Crippen molar-refractivity contribution in [2.75, 3.05) is 5.32 Å². The van der Waals surface area contributed by atoms with Crippen LogP contribution in [0.2, 0.25) is 5.15 Å². The summed E-state index contributed by atoms with van der Waals surface area (Å²) in [4.78, 5) is 12.5. The van der Waals surface area contributed by atoms with Gasteiger partial charge in [0.2, 0.25) is 11.8 Å². The fourth-order valence-electron chi connectivity index (χ4n) is 1.54. The van der Waals surface area contributed by atoms with E-state index in [1.54, 1.807) is 18.3 Å². The number of rotatable bonds is 4. The Labute approximate surface area is 117 Å². The number of halogens is 1. The second kappa shape index (κ2) is 5.84. The van der Waals surface area contributed by atoms with Crippen molar-refractivity contribution >= 4 is 23.2 Å². The number of hydrogen-bond acceptors (Lipinski definition) is 5. The minimum atomic E-state index is 0.0698. The molecule has 1 N–H and O–H groups in total. The predicted octanol–water partition coefficient (Wildman–Crippen LogP) is 3.36. The third-order valence-corrected chi connectivity index (χ3v) is 2.36. The van der Waals surface area contributed by atoms with E-state index < -0.39 is 0 Å². The molecule has 0 unspecified atom stereocenters. The lowest BCUT2D eigenvalue weighted by molar-refractivity contribution is 0.232. The first kappa shape index (κ1) is 13.5. The van der Waals surface area contributed by atoms with Crippen LogP contribution in [0.1, 0.15) is 19.5 Å². The van der Waals surface area contributed by atoms with Gasteiger partial charge in [0.05, 0.1) is 6.10 Å². The molecule has 2 aromatic heterocycles. The molecule has 0 aliphatic heterocycles. The summed E-state index contributed by atoms with van der Waals surface area (Å²) in [5, 5.41) is 3.50. The van der Waals surface area contributed by atoms with Crippen molar-refractivity contribution in [2.45, 2.75) is 26.9 Å². The van der Waals surface area contributed by atoms with Crippen molar-refractivity contribution in [1.82, 2.24) is 15.0 Å². The molecule has 0 aliphatic carbocycles. The number of nitrogens with one attached hydrogen (secondary N) is 1. The molecular weight excluding hydrogens is 264 g/mol. The number of pyridine rings is 1. The average Bonchev–Trinajstić information content (AvgIpc) is 2.26. The Morgan fingerprint density at radius 3 is 2.74 bits per heavy atom. The maximum absolute atomic E-state index is 5.90. The minimum absolute atomic E-state index is 0.0698. The first-order valence-corrected chi connectivity index (χ1v) is 6.31. The molecule has 0 amide bonds. The standard InChI is InChI=1S/C13H15ClN4O/c1-8(2)19-12-4-5-15-13(18-12)17-10-6-9(3)16-11(14)7-10/h4-8H,1-3H3,(H,15,16,17,18). The molecule has 2 rings (SSSR count). The monoisotopic (exact) mass is 278 g/mol. The van der Waals surface area contributed by atoms with Crippen molar-refractivity contribution in [2.24, 2.45) is 0 Å². The summed E-state index contributed by atoms with van der Waals surface area (Å²) in [7, 11) is 0. The van der Waals surface area contributed by atoms with Gasteiger partial charge < -0.3 is 10.1 Å². The van der Waals surface area contributed by atoms with Crippen LogP contribution in [0.4, 0.5) is 11.6 Å². The second-order valence-electron chi connectivity index (χ2n) is 4.33. The van der Waals surface area contributed by atoms with Crippen molar-refractivity contribution in [3.05, 3.63) is 35.2 Å². The van der Waals surface area contributed by atoms with E-state index in [9.17, 15) is 0 Å². The molecule has 19 heavy (non-hydrogen) atoms. The van der Waals surface area contributed by atoms with E-state index in [0.717, 1.165) is 11.4 Å². The Bertz CT molecular complexity index is 554. The van der Waals surface area contributed by atoms with Crippen LogP contribution in [-0.2, 0) is 0 Å². The lowest BCUT2D eigenvalue weighted by atomic mass is 10.3. The molecule has 6 heteroatoms. The predicted molar refractivity (Wildman–Crippen MR) is 75.1 cm³/mol. The van der Waals surface area contributed by atoms with Gasteiger partial charge in [0.1, 0.15) is 5.15 Å². The van der Waals surface area contributed by atoms with E-state index in [0.29, 0.717) is 17.0 Å². The molecule has 0 radical (unpaired) electrons. The lowest BCUT2D eigenvalue weighted by Gasteiger charge is -2.10. The second-order valence-corrected chi connectivity index (χ2v) is 4.72. The molecule has 0 bridgehead atoms. The fourth-order valence-corrected chi connectivity index (χ4v) is 1.79. The van der Waals surface area contributed by atoms with Gasteiger partial charge in [-0.1, -0.05) is 11.6 Å². The largest absolute Gasteiger partial charge is 0.475 e. The SMILES string of the molecule is Cc1cc(Nc2nccc(OC(C)C)n2)cc(Cl)n1. The van der Waals surface area contributed by atoms with E-state index in [-0.39, 0.29) is 6.10 Å². The number of aromatic nitrogens is 3. The van der Waals surface area contributed by atoms with Gasteiger partial charge >= 0.3 is 0 Å². The molecule has 0 atom stereocenters. The van der Waals surface area contributed by atoms with Crippen molar-refractivity contribution in [3.63, 3.8) is 0 Å². The summed E-state index contributed by atoms with van der Waals surface area (Å²) in [5.41, 5.74) is 1.61. The van der Waals surface area contributed by atoms with Crippen LogP contribution in [0.25, 0.3) is 0 Å². The molecule has 2 heterocycles. The highest BCUT2D eigenvalue weighted by Gasteiger charge is 2.04. The average molecular weight is 279 g/mol.